The lowest BCUT2D eigenvalue weighted by Crippen LogP contribution is -2.40. The van der Waals surface area contributed by atoms with Gasteiger partial charge in [-0.05, 0) is 64.5 Å². The Morgan fingerprint density at radius 2 is 1.86 bits per heavy atom. The summed E-state index contributed by atoms with van der Waals surface area (Å²) < 4.78 is 29.2. The van der Waals surface area contributed by atoms with Crippen molar-refractivity contribution in [1.29, 1.82) is 0 Å². The highest BCUT2D eigenvalue weighted by atomic mass is 35.5. The summed E-state index contributed by atoms with van der Waals surface area (Å²) in [6.45, 7) is 9.19. The summed E-state index contributed by atoms with van der Waals surface area (Å²) in [6.07, 6.45) is 1.52. The molecule has 0 unspecified atom stereocenters. The van der Waals surface area contributed by atoms with Crippen LogP contribution < -0.4 is 29.1 Å². The summed E-state index contributed by atoms with van der Waals surface area (Å²) in [6, 6.07) is 9.75. The molecule has 0 bridgehead atoms. The zero-order valence-corrected chi connectivity index (χ0v) is 26.3. The van der Waals surface area contributed by atoms with Crippen molar-refractivity contribution in [2.24, 2.45) is 4.99 Å². The number of nitrogens with zero attached hydrogens (tertiary/aromatic N) is 2. The van der Waals surface area contributed by atoms with Crippen LogP contribution in [0.5, 0.6) is 17.2 Å². The lowest BCUT2D eigenvalue weighted by atomic mass is 9.95. The van der Waals surface area contributed by atoms with Crippen molar-refractivity contribution < 1.29 is 33.3 Å². The number of methoxy groups -OCH3 is 1. The number of allylic oxidation sites excluding steroid dienone is 1. The molecule has 2 heterocycles. The van der Waals surface area contributed by atoms with Gasteiger partial charge in [0, 0.05) is 5.56 Å². The van der Waals surface area contributed by atoms with Crippen LogP contribution in [0.4, 0.5) is 0 Å². The van der Waals surface area contributed by atoms with Crippen LogP contribution in [0.15, 0.2) is 57.5 Å². The van der Waals surface area contributed by atoms with Gasteiger partial charge in [-0.1, -0.05) is 41.1 Å². The van der Waals surface area contributed by atoms with Gasteiger partial charge in [0.05, 0.1) is 47.3 Å². The van der Waals surface area contributed by atoms with E-state index in [0.717, 1.165) is 0 Å². The van der Waals surface area contributed by atoms with E-state index in [-0.39, 0.29) is 41.2 Å². The van der Waals surface area contributed by atoms with Gasteiger partial charge in [-0.15, -0.1) is 0 Å². The number of para-hydroxylation sites is 1. The maximum absolute atomic E-state index is 14.1. The molecule has 228 valence electrons. The zero-order chi connectivity index (χ0) is 31.3. The fraction of sp³-hybridized carbons (Fsp3) is 0.355. The van der Waals surface area contributed by atoms with Gasteiger partial charge in [-0.25, -0.2) is 14.6 Å². The Balaban J connectivity index is 1.90. The monoisotopic (exact) mass is 628 g/mol. The molecule has 2 aromatic carbocycles. The van der Waals surface area contributed by atoms with Crippen LogP contribution in [0.25, 0.3) is 6.08 Å². The van der Waals surface area contributed by atoms with E-state index >= 15 is 0 Å². The number of esters is 2. The number of hydrogen-bond acceptors (Lipinski definition) is 10. The second kappa shape index (κ2) is 13.9. The molecule has 0 N–H and O–H groups in total. The minimum Gasteiger partial charge on any atom is -0.491 e. The first-order valence-corrected chi connectivity index (χ1v) is 14.9. The Hall–Kier alpha value is -4.09. The van der Waals surface area contributed by atoms with E-state index < -0.39 is 18.0 Å². The van der Waals surface area contributed by atoms with Crippen LogP contribution in [-0.4, -0.2) is 49.5 Å². The number of benzene rings is 2. The molecule has 3 aromatic rings. The highest BCUT2D eigenvalue weighted by Gasteiger charge is 2.35. The molecule has 0 saturated heterocycles. The molecular weight excluding hydrogens is 596 g/mol. The fourth-order valence-corrected chi connectivity index (χ4v) is 5.89. The summed E-state index contributed by atoms with van der Waals surface area (Å²) in [5, 5.41) is 0.187. The van der Waals surface area contributed by atoms with Crippen molar-refractivity contribution in [2.75, 3.05) is 26.9 Å². The molecule has 1 aliphatic rings. The molecule has 0 spiro atoms. The van der Waals surface area contributed by atoms with Crippen molar-refractivity contribution in [2.45, 2.75) is 46.8 Å². The number of carbonyl (C=O) groups is 2. The first-order valence-electron chi connectivity index (χ1n) is 13.7. The number of thiazole rings is 1. The fourth-order valence-electron chi connectivity index (χ4n) is 4.57. The van der Waals surface area contributed by atoms with Crippen LogP contribution in [0, 0.1) is 0 Å². The van der Waals surface area contributed by atoms with Crippen LogP contribution in [0.1, 0.15) is 51.8 Å². The normalized spacial score (nSPS) is 14.7. The van der Waals surface area contributed by atoms with Crippen molar-refractivity contribution >= 4 is 41.0 Å². The van der Waals surface area contributed by atoms with Crippen molar-refractivity contribution in [1.82, 2.24) is 4.57 Å². The van der Waals surface area contributed by atoms with Crippen molar-refractivity contribution in [3.05, 3.63) is 83.5 Å². The van der Waals surface area contributed by atoms with Gasteiger partial charge in [0.15, 0.2) is 22.9 Å². The highest BCUT2D eigenvalue weighted by molar-refractivity contribution is 7.07. The Bertz CT molecular complexity index is 1740. The molecular formula is C31H33ClN2O8S. The third-order valence-electron chi connectivity index (χ3n) is 6.28. The second-order valence-corrected chi connectivity index (χ2v) is 11.1. The molecule has 1 atom stereocenters. The molecule has 0 radical (unpaired) electrons. The Labute approximate surface area is 257 Å². The van der Waals surface area contributed by atoms with Crippen LogP contribution in [-0.2, 0) is 19.1 Å². The smallest absolute Gasteiger partial charge is 0.343 e. The quantitative estimate of drug-likeness (QED) is 0.291. The van der Waals surface area contributed by atoms with Gasteiger partial charge >= 0.3 is 11.9 Å². The van der Waals surface area contributed by atoms with E-state index in [9.17, 15) is 14.4 Å². The molecule has 12 heteroatoms. The van der Waals surface area contributed by atoms with Gasteiger partial charge in [0.25, 0.3) is 5.56 Å². The van der Waals surface area contributed by atoms with E-state index in [2.05, 4.69) is 9.73 Å². The molecule has 43 heavy (non-hydrogen) atoms. The third kappa shape index (κ3) is 6.94. The lowest BCUT2D eigenvalue weighted by Gasteiger charge is -2.26. The molecule has 4 rings (SSSR count). The predicted molar refractivity (Wildman–Crippen MR) is 163 cm³/mol. The summed E-state index contributed by atoms with van der Waals surface area (Å²) in [4.78, 5) is 44.0. The van der Waals surface area contributed by atoms with Crippen LogP contribution in [0.2, 0.25) is 5.02 Å². The number of carbonyl (C=O) groups excluding carboxylic acids is 2. The number of hydrogen-bond donors (Lipinski definition) is 0. The molecule has 10 nitrogen and oxygen atoms in total. The summed E-state index contributed by atoms with van der Waals surface area (Å²) in [5.74, 6) is -0.0987. The molecule has 1 aromatic heterocycles. The topological polar surface area (TPSA) is 115 Å². The average Bonchev–Trinajstić information content (AvgIpc) is 3.25. The molecule has 0 saturated carbocycles. The minimum atomic E-state index is -0.830. The minimum absolute atomic E-state index is 0.142. The second-order valence-electron chi connectivity index (χ2n) is 9.63. The Kier molecular flexibility index (Phi) is 10.3. The van der Waals surface area contributed by atoms with Crippen LogP contribution in [0.3, 0.4) is 0 Å². The predicted octanol–water partition coefficient (Wildman–Crippen LogP) is 4.19. The standard InChI is InChI=1S/C31H33ClN2O8S/c1-7-39-23-14-19(13-21(32)28(23)41-16-25(35)38-6)15-24-29(36)34-27(20-11-9-10-12-22(20)42-17(3)4)26(30(37)40-8-2)18(5)33-31(34)43-24/h9-15,17,27H,7-8,16H2,1-6H3/b24-15+/t27-/m1/s1. The van der Waals surface area contributed by atoms with Gasteiger partial charge < -0.3 is 23.7 Å². The molecule has 1 aliphatic heterocycles. The van der Waals surface area contributed by atoms with E-state index in [4.69, 9.17) is 30.5 Å². The van der Waals surface area contributed by atoms with E-state index in [1.54, 1.807) is 39.0 Å². The summed E-state index contributed by atoms with van der Waals surface area (Å²) in [5.41, 5.74) is 1.54. The number of ether oxygens (including phenoxy) is 5. The first kappa shape index (κ1) is 31.8. The van der Waals surface area contributed by atoms with Crippen molar-refractivity contribution in [3.63, 3.8) is 0 Å². The number of rotatable bonds is 11. The molecule has 0 fully saturated rings. The first-order chi connectivity index (χ1) is 20.6. The summed E-state index contributed by atoms with van der Waals surface area (Å²) >= 11 is 7.70. The van der Waals surface area contributed by atoms with Gasteiger partial charge in [-0.3, -0.25) is 9.36 Å². The van der Waals surface area contributed by atoms with Crippen molar-refractivity contribution in [3.8, 4) is 17.2 Å². The molecule has 0 amide bonds. The van der Waals surface area contributed by atoms with Crippen LogP contribution >= 0.6 is 22.9 Å². The maximum Gasteiger partial charge on any atom is 0.343 e. The van der Waals surface area contributed by atoms with E-state index in [1.807, 2.05) is 38.1 Å². The summed E-state index contributed by atoms with van der Waals surface area (Å²) in [7, 11) is 1.26. The highest BCUT2D eigenvalue weighted by Crippen LogP contribution is 2.38. The maximum atomic E-state index is 14.1. The number of fused-ring (bicyclic) bond motifs is 1. The lowest BCUT2D eigenvalue weighted by molar-refractivity contribution is -0.143. The van der Waals surface area contributed by atoms with Gasteiger partial charge in [0.1, 0.15) is 11.8 Å². The SMILES string of the molecule is CCOC(=O)C1=C(C)N=c2s/c(=C/c3cc(Cl)c(OCC(=O)OC)c(OCC)c3)c(=O)n2[C@@H]1c1ccccc1OC(C)C. The molecule has 0 aliphatic carbocycles. The third-order valence-corrected chi connectivity index (χ3v) is 7.55. The number of aromatic nitrogens is 1. The Morgan fingerprint density at radius 1 is 1.12 bits per heavy atom. The number of halogens is 1. The zero-order valence-electron chi connectivity index (χ0n) is 24.8. The Morgan fingerprint density at radius 3 is 2.53 bits per heavy atom. The largest absolute Gasteiger partial charge is 0.491 e. The average molecular weight is 629 g/mol. The van der Waals surface area contributed by atoms with Gasteiger partial charge in [-0.2, -0.15) is 0 Å². The van der Waals surface area contributed by atoms with Gasteiger partial charge in [0.2, 0.25) is 0 Å². The van der Waals surface area contributed by atoms with E-state index in [1.165, 1.54) is 23.0 Å². The van der Waals surface area contributed by atoms with E-state index in [0.29, 0.717) is 44.3 Å².